The van der Waals surface area contributed by atoms with Gasteiger partial charge < -0.3 is 4.42 Å². The van der Waals surface area contributed by atoms with Crippen LogP contribution in [0, 0.1) is 5.82 Å². The summed E-state index contributed by atoms with van der Waals surface area (Å²) in [5.41, 5.74) is 2.46. The van der Waals surface area contributed by atoms with Crippen LogP contribution >= 0.6 is 0 Å². The predicted molar refractivity (Wildman–Crippen MR) is 95.0 cm³/mol. The van der Waals surface area contributed by atoms with E-state index in [4.69, 9.17) is 4.42 Å². The Morgan fingerprint density at radius 3 is 2.68 bits per heavy atom. The van der Waals surface area contributed by atoms with Gasteiger partial charge in [0.05, 0.1) is 24.1 Å². The van der Waals surface area contributed by atoms with E-state index in [9.17, 15) is 9.18 Å². The van der Waals surface area contributed by atoms with Gasteiger partial charge in [0.15, 0.2) is 0 Å². The van der Waals surface area contributed by atoms with Crippen LogP contribution in [0.25, 0.3) is 5.69 Å². The highest BCUT2D eigenvalue weighted by molar-refractivity contribution is 5.99. The molecule has 0 unspecified atom stereocenters. The van der Waals surface area contributed by atoms with Crippen molar-refractivity contribution in [2.24, 2.45) is 4.99 Å². The molecule has 6 heteroatoms. The normalized spacial score (nSPS) is 11.9. The van der Waals surface area contributed by atoms with Crippen LogP contribution in [0.5, 0.6) is 0 Å². The number of H-pyrrole nitrogens is 1. The Kier molecular flexibility index (Phi) is 4.97. The van der Waals surface area contributed by atoms with Crippen molar-refractivity contribution < 1.29 is 8.81 Å². The largest absolute Gasteiger partial charge is 0.467 e. The number of benzene rings is 1. The van der Waals surface area contributed by atoms with E-state index < -0.39 is 0 Å². The van der Waals surface area contributed by atoms with E-state index in [1.54, 1.807) is 24.5 Å². The monoisotopic (exact) mass is 341 g/mol. The molecule has 0 radical (unpaired) electrons. The summed E-state index contributed by atoms with van der Waals surface area (Å²) in [5.74, 6) is 0.402. The maximum absolute atomic E-state index is 13.1. The van der Waals surface area contributed by atoms with Crippen molar-refractivity contribution in [3.05, 3.63) is 75.9 Å². The highest BCUT2D eigenvalue weighted by Gasteiger charge is 2.17. The van der Waals surface area contributed by atoms with E-state index in [0.29, 0.717) is 23.5 Å². The van der Waals surface area contributed by atoms with Gasteiger partial charge in [-0.1, -0.05) is 13.3 Å². The average Bonchev–Trinajstić information content (AvgIpc) is 3.22. The Balaban J connectivity index is 2.01. The lowest BCUT2D eigenvalue weighted by Gasteiger charge is -2.01. The molecule has 5 nitrogen and oxygen atoms in total. The molecule has 0 amide bonds. The molecule has 2 heterocycles. The third-order valence-electron chi connectivity index (χ3n) is 3.96. The molecule has 0 aliphatic carbocycles. The molecule has 0 saturated carbocycles. The number of hydrogen-bond donors (Lipinski definition) is 1. The molecule has 1 aromatic carbocycles. The molecule has 130 valence electrons. The van der Waals surface area contributed by atoms with Gasteiger partial charge in [-0.05, 0) is 49.7 Å². The van der Waals surface area contributed by atoms with E-state index in [0.717, 1.165) is 24.3 Å². The molecule has 3 rings (SSSR count). The van der Waals surface area contributed by atoms with Crippen LogP contribution in [0.2, 0.25) is 0 Å². The fourth-order valence-electron chi connectivity index (χ4n) is 2.74. The minimum absolute atomic E-state index is 0.184. The van der Waals surface area contributed by atoms with Crippen molar-refractivity contribution in [3.63, 3.8) is 0 Å². The Labute approximate surface area is 144 Å². The maximum atomic E-state index is 13.1. The van der Waals surface area contributed by atoms with Gasteiger partial charge in [0, 0.05) is 11.4 Å². The third kappa shape index (κ3) is 3.63. The molecule has 0 aliphatic rings. The smallest absolute Gasteiger partial charge is 0.280 e. The minimum Gasteiger partial charge on any atom is -0.467 e. The lowest BCUT2D eigenvalue weighted by atomic mass is 10.1. The number of aromatic nitrogens is 2. The van der Waals surface area contributed by atoms with Crippen LogP contribution in [0.4, 0.5) is 4.39 Å². The number of aromatic amines is 1. The molecule has 0 bridgehead atoms. The molecule has 0 spiro atoms. The average molecular weight is 341 g/mol. The summed E-state index contributed by atoms with van der Waals surface area (Å²) in [6, 6.07) is 9.46. The van der Waals surface area contributed by atoms with Gasteiger partial charge in [-0.15, -0.1) is 0 Å². The van der Waals surface area contributed by atoms with Crippen LogP contribution in [0.15, 0.2) is 56.9 Å². The molecule has 0 fully saturated rings. The Morgan fingerprint density at radius 1 is 1.28 bits per heavy atom. The predicted octanol–water partition coefficient (Wildman–Crippen LogP) is 3.86. The quantitative estimate of drug-likeness (QED) is 0.692. The lowest BCUT2D eigenvalue weighted by molar-refractivity contribution is 0.513. The standard InChI is InChI=1S/C19H20FN3O2/c1-3-5-17-18(13(2)21-12-16-6-4-11-25-16)19(24)23(22-17)15-9-7-14(20)8-10-15/h4,6-11,22H,3,5,12H2,1-2H3. The van der Waals surface area contributed by atoms with Gasteiger partial charge in [0.1, 0.15) is 11.6 Å². The van der Waals surface area contributed by atoms with Crippen LogP contribution in [0.3, 0.4) is 0 Å². The minimum atomic E-state index is -0.339. The number of furan rings is 1. The van der Waals surface area contributed by atoms with E-state index in [1.165, 1.54) is 16.8 Å². The molecular formula is C19H20FN3O2. The zero-order valence-corrected chi connectivity index (χ0v) is 14.3. The number of hydrogen-bond acceptors (Lipinski definition) is 3. The number of nitrogens with zero attached hydrogens (tertiary/aromatic N) is 2. The molecule has 0 aliphatic heterocycles. The summed E-state index contributed by atoms with van der Waals surface area (Å²) in [4.78, 5) is 17.4. The Bertz CT molecular complexity index is 919. The first-order chi connectivity index (χ1) is 12.1. The van der Waals surface area contributed by atoms with Crippen LogP contribution in [0.1, 0.15) is 37.3 Å². The van der Waals surface area contributed by atoms with Crippen molar-refractivity contribution in [2.45, 2.75) is 33.2 Å². The Morgan fingerprint density at radius 2 is 2.04 bits per heavy atom. The first kappa shape index (κ1) is 17.0. The van der Waals surface area contributed by atoms with E-state index in [2.05, 4.69) is 10.1 Å². The number of aryl methyl sites for hydroxylation is 1. The number of halogens is 1. The molecule has 25 heavy (non-hydrogen) atoms. The zero-order chi connectivity index (χ0) is 17.8. The second-order valence-corrected chi connectivity index (χ2v) is 5.81. The van der Waals surface area contributed by atoms with Gasteiger partial charge in [-0.2, -0.15) is 0 Å². The highest BCUT2D eigenvalue weighted by Crippen LogP contribution is 2.12. The maximum Gasteiger partial charge on any atom is 0.280 e. The fraction of sp³-hybridized carbons (Fsp3) is 0.263. The summed E-state index contributed by atoms with van der Waals surface area (Å²) >= 11 is 0. The summed E-state index contributed by atoms with van der Waals surface area (Å²) < 4.78 is 19.9. The van der Waals surface area contributed by atoms with Crippen molar-refractivity contribution in [1.82, 2.24) is 9.78 Å². The molecule has 3 aromatic rings. The summed E-state index contributed by atoms with van der Waals surface area (Å²) in [6.07, 6.45) is 3.22. The third-order valence-corrected chi connectivity index (χ3v) is 3.96. The summed E-state index contributed by atoms with van der Waals surface area (Å²) in [5, 5.41) is 3.14. The number of aliphatic imine (C=N–C) groups is 1. The number of rotatable bonds is 6. The van der Waals surface area contributed by atoms with Gasteiger partial charge in [0.2, 0.25) is 0 Å². The van der Waals surface area contributed by atoms with Crippen LogP contribution < -0.4 is 5.56 Å². The molecule has 0 saturated heterocycles. The van der Waals surface area contributed by atoms with E-state index >= 15 is 0 Å². The van der Waals surface area contributed by atoms with E-state index in [-0.39, 0.29) is 11.4 Å². The van der Waals surface area contributed by atoms with Crippen molar-refractivity contribution in [2.75, 3.05) is 0 Å². The van der Waals surface area contributed by atoms with Crippen molar-refractivity contribution >= 4 is 5.71 Å². The highest BCUT2D eigenvalue weighted by atomic mass is 19.1. The van der Waals surface area contributed by atoms with Gasteiger partial charge >= 0.3 is 0 Å². The van der Waals surface area contributed by atoms with Crippen molar-refractivity contribution in [3.8, 4) is 5.69 Å². The second kappa shape index (κ2) is 7.34. The summed E-state index contributed by atoms with van der Waals surface area (Å²) in [6.45, 7) is 4.25. The van der Waals surface area contributed by atoms with E-state index in [1.807, 2.05) is 19.9 Å². The van der Waals surface area contributed by atoms with Gasteiger partial charge in [0.25, 0.3) is 5.56 Å². The van der Waals surface area contributed by atoms with Crippen LogP contribution in [-0.4, -0.2) is 15.5 Å². The van der Waals surface area contributed by atoms with Gasteiger partial charge in [-0.3, -0.25) is 14.9 Å². The molecular weight excluding hydrogens is 321 g/mol. The lowest BCUT2D eigenvalue weighted by Crippen LogP contribution is -2.20. The first-order valence-corrected chi connectivity index (χ1v) is 8.23. The zero-order valence-electron chi connectivity index (χ0n) is 14.3. The molecule has 2 aromatic heterocycles. The van der Waals surface area contributed by atoms with Gasteiger partial charge in [-0.25, -0.2) is 9.07 Å². The fourth-order valence-corrected chi connectivity index (χ4v) is 2.74. The first-order valence-electron chi connectivity index (χ1n) is 8.23. The number of nitrogens with one attached hydrogen (secondary N) is 1. The van der Waals surface area contributed by atoms with Crippen molar-refractivity contribution in [1.29, 1.82) is 0 Å². The second-order valence-electron chi connectivity index (χ2n) is 5.81. The topological polar surface area (TPSA) is 63.3 Å². The molecule has 0 atom stereocenters. The molecule has 1 N–H and O–H groups in total. The van der Waals surface area contributed by atoms with Crippen LogP contribution in [-0.2, 0) is 13.0 Å². The SMILES string of the molecule is CCCc1[nH]n(-c2ccc(F)cc2)c(=O)c1C(C)=NCc1ccco1. The Hall–Kier alpha value is -2.89. The summed E-state index contributed by atoms with van der Waals surface area (Å²) in [7, 11) is 0.